The minimum Gasteiger partial charge on any atom is -0.412 e. The third-order valence-corrected chi connectivity index (χ3v) is 4.31. The highest BCUT2D eigenvalue weighted by molar-refractivity contribution is 7.89. The van der Waals surface area contributed by atoms with E-state index in [1.165, 1.54) is 24.3 Å². The fourth-order valence-electron chi connectivity index (χ4n) is 1.84. The summed E-state index contributed by atoms with van der Waals surface area (Å²) in [5.74, 6) is -0.798. The molecule has 1 aliphatic heterocycles. The molecule has 2 aromatic carbocycles. The number of nitrogens with two attached hydrogens (primary N) is 1. The van der Waals surface area contributed by atoms with Crippen LogP contribution in [-0.2, 0) is 14.8 Å². The molecular formula is C17H20N2O5S. The third kappa shape index (κ3) is 5.87. The Labute approximate surface area is 146 Å². The normalized spacial score (nSPS) is 13.0. The van der Waals surface area contributed by atoms with Crippen molar-refractivity contribution in [3.05, 3.63) is 82.1 Å². The Kier molecular flexibility index (Phi) is 8.24. The second-order valence-electron chi connectivity index (χ2n) is 4.57. The van der Waals surface area contributed by atoms with Gasteiger partial charge in [0.2, 0.25) is 0 Å². The quantitative estimate of drug-likeness (QED) is 0.767. The molecule has 0 saturated heterocycles. The smallest absolute Gasteiger partial charge is 0.265 e. The van der Waals surface area contributed by atoms with Crippen molar-refractivity contribution >= 4 is 22.0 Å². The SMILES string of the molecule is C.NC(=O)C1=Cc2ccccc2S(=O)(=O)N1.O.O=c1cccccc1. The molecule has 0 unspecified atom stereocenters. The zero-order chi connectivity index (χ0) is 16.9. The zero-order valence-electron chi connectivity index (χ0n) is 12.5. The molecule has 0 radical (unpaired) electrons. The number of carbonyl (C=O) groups excluding carboxylic acids is 1. The van der Waals surface area contributed by atoms with Gasteiger partial charge in [-0.05, 0) is 29.8 Å². The molecule has 3 rings (SSSR count). The Morgan fingerprint density at radius 3 is 2.00 bits per heavy atom. The first-order valence-corrected chi connectivity index (χ1v) is 8.07. The average molecular weight is 364 g/mol. The number of primary amides is 1. The van der Waals surface area contributed by atoms with Crippen LogP contribution in [0.1, 0.15) is 13.0 Å². The summed E-state index contributed by atoms with van der Waals surface area (Å²) in [4.78, 5) is 21.5. The number of amides is 1. The van der Waals surface area contributed by atoms with Gasteiger partial charge in [-0.25, -0.2) is 8.42 Å². The minimum atomic E-state index is -3.66. The van der Waals surface area contributed by atoms with E-state index in [-0.39, 0.29) is 28.9 Å². The lowest BCUT2D eigenvalue weighted by molar-refractivity contribution is -0.114. The van der Waals surface area contributed by atoms with Gasteiger partial charge in [0.15, 0.2) is 5.43 Å². The van der Waals surface area contributed by atoms with Crippen molar-refractivity contribution in [1.29, 1.82) is 0 Å². The molecular weight excluding hydrogens is 344 g/mol. The molecule has 1 heterocycles. The molecule has 5 N–H and O–H groups in total. The number of fused-ring (bicyclic) bond motifs is 1. The maximum Gasteiger partial charge on any atom is 0.265 e. The molecule has 0 atom stereocenters. The van der Waals surface area contributed by atoms with Gasteiger partial charge in [0.1, 0.15) is 5.70 Å². The summed E-state index contributed by atoms with van der Waals surface area (Å²) in [6.45, 7) is 0. The van der Waals surface area contributed by atoms with Crippen molar-refractivity contribution in [2.75, 3.05) is 0 Å². The van der Waals surface area contributed by atoms with Crippen LogP contribution in [0.4, 0.5) is 0 Å². The molecule has 25 heavy (non-hydrogen) atoms. The average Bonchev–Trinajstić information content (AvgIpc) is 2.75. The second-order valence-corrected chi connectivity index (χ2v) is 6.22. The van der Waals surface area contributed by atoms with E-state index in [1.54, 1.807) is 30.3 Å². The zero-order valence-corrected chi connectivity index (χ0v) is 13.3. The Balaban J connectivity index is 0.000000497. The van der Waals surface area contributed by atoms with Gasteiger partial charge in [-0.1, -0.05) is 49.9 Å². The van der Waals surface area contributed by atoms with Crippen molar-refractivity contribution in [3.63, 3.8) is 0 Å². The summed E-state index contributed by atoms with van der Waals surface area (Å²) in [6.07, 6.45) is 1.42. The summed E-state index contributed by atoms with van der Waals surface area (Å²) >= 11 is 0. The summed E-state index contributed by atoms with van der Waals surface area (Å²) < 4.78 is 25.4. The lowest BCUT2D eigenvalue weighted by Gasteiger charge is -2.16. The van der Waals surface area contributed by atoms with Gasteiger partial charge >= 0.3 is 0 Å². The first-order chi connectivity index (χ1) is 10.9. The first kappa shape index (κ1) is 22.0. The fourth-order valence-corrected chi connectivity index (χ4v) is 3.09. The minimum absolute atomic E-state index is 0. The van der Waals surface area contributed by atoms with Crippen LogP contribution in [-0.4, -0.2) is 19.8 Å². The monoisotopic (exact) mass is 364 g/mol. The first-order valence-electron chi connectivity index (χ1n) is 6.59. The van der Waals surface area contributed by atoms with Crippen molar-refractivity contribution < 1.29 is 18.7 Å². The summed E-state index contributed by atoms with van der Waals surface area (Å²) in [7, 11) is -3.66. The lowest BCUT2D eigenvalue weighted by atomic mass is 10.2. The number of rotatable bonds is 1. The molecule has 0 fully saturated rings. The number of nitrogens with one attached hydrogen (secondary N) is 1. The van der Waals surface area contributed by atoms with Gasteiger partial charge in [0.05, 0.1) is 4.90 Å². The Morgan fingerprint density at radius 1 is 0.920 bits per heavy atom. The van der Waals surface area contributed by atoms with Crippen LogP contribution in [0.3, 0.4) is 0 Å². The van der Waals surface area contributed by atoms with E-state index in [9.17, 15) is 18.0 Å². The molecule has 1 amide bonds. The fraction of sp³-hybridized carbons (Fsp3) is 0.0588. The molecule has 8 heteroatoms. The van der Waals surface area contributed by atoms with Gasteiger partial charge in [-0.15, -0.1) is 0 Å². The molecule has 0 spiro atoms. The number of hydrogen-bond donors (Lipinski definition) is 2. The van der Waals surface area contributed by atoms with Crippen molar-refractivity contribution in [3.8, 4) is 0 Å². The topological polar surface area (TPSA) is 138 Å². The third-order valence-electron chi connectivity index (χ3n) is 2.87. The van der Waals surface area contributed by atoms with Crippen LogP contribution >= 0.6 is 0 Å². The van der Waals surface area contributed by atoms with Gasteiger partial charge in [0.25, 0.3) is 15.9 Å². The van der Waals surface area contributed by atoms with Crippen LogP contribution in [0.25, 0.3) is 6.08 Å². The van der Waals surface area contributed by atoms with E-state index >= 15 is 0 Å². The van der Waals surface area contributed by atoms with Gasteiger partial charge < -0.3 is 11.2 Å². The molecule has 0 aromatic heterocycles. The van der Waals surface area contributed by atoms with Crippen LogP contribution in [0.2, 0.25) is 0 Å². The molecule has 1 aliphatic rings. The van der Waals surface area contributed by atoms with Crippen LogP contribution in [0.5, 0.6) is 0 Å². The highest BCUT2D eigenvalue weighted by atomic mass is 32.2. The van der Waals surface area contributed by atoms with E-state index < -0.39 is 15.9 Å². The van der Waals surface area contributed by atoms with Crippen molar-refractivity contribution in [1.82, 2.24) is 4.72 Å². The Bertz CT molecular complexity index is 902. The van der Waals surface area contributed by atoms with E-state index in [1.807, 2.05) is 12.1 Å². The van der Waals surface area contributed by atoms with Crippen LogP contribution in [0, 0.1) is 0 Å². The Hall–Kier alpha value is -2.97. The lowest BCUT2D eigenvalue weighted by Crippen LogP contribution is -2.33. The maximum atomic E-state index is 11.6. The highest BCUT2D eigenvalue weighted by Gasteiger charge is 2.25. The second kappa shape index (κ2) is 9.36. The van der Waals surface area contributed by atoms with E-state index in [0.717, 1.165) is 0 Å². The highest BCUT2D eigenvalue weighted by Crippen LogP contribution is 2.22. The number of carbonyl (C=O) groups is 1. The van der Waals surface area contributed by atoms with E-state index in [0.29, 0.717) is 5.56 Å². The number of sulfonamides is 1. The summed E-state index contributed by atoms with van der Waals surface area (Å²) in [6, 6.07) is 16.5. The van der Waals surface area contributed by atoms with Crippen molar-refractivity contribution in [2.24, 2.45) is 5.73 Å². The molecule has 0 saturated carbocycles. The van der Waals surface area contributed by atoms with Gasteiger partial charge in [0, 0.05) is 0 Å². The Morgan fingerprint density at radius 2 is 1.44 bits per heavy atom. The molecule has 2 aromatic rings. The van der Waals surface area contributed by atoms with E-state index in [2.05, 4.69) is 4.72 Å². The molecule has 0 bridgehead atoms. The molecule has 7 nitrogen and oxygen atoms in total. The molecule has 134 valence electrons. The predicted octanol–water partition coefficient (Wildman–Crippen LogP) is 0.663. The standard InChI is InChI=1S/C9H8N2O3S.C7H6O.CH4.H2O/c10-9(12)7-5-6-3-1-2-4-8(6)15(13,14)11-7;8-7-5-3-1-2-4-6-7;;/h1-5,11H,(H2,10,12);1-6H;1H4;1H2. The summed E-state index contributed by atoms with van der Waals surface area (Å²) in [5.41, 5.74) is 5.41. The predicted molar refractivity (Wildman–Crippen MR) is 97.0 cm³/mol. The van der Waals surface area contributed by atoms with Gasteiger partial charge in [-0.3, -0.25) is 14.3 Å². The van der Waals surface area contributed by atoms with Crippen molar-refractivity contribution in [2.45, 2.75) is 12.3 Å². The number of hydrogen-bond acceptors (Lipinski definition) is 4. The largest absolute Gasteiger partial charge is 0.412 e. The van der Waals surface area contributed by atoms with Crippen LogP contribution in [0.15, 0.2) is 76.1 Å². The van der Waals surface area contributed by atoms with E-state index in [4.69, 9.17) is 5.73 Å². The van der Waals surface area contributed by atoms with Gasteiger partial charge in [-0.2, -0.15) is 0 Å². The summed E-state index contributed by atoms with van der Waals surface area (Å²) in [5, 5.41) is 0. The molecule has 0 aliphatic carbocycles. The van der Waals surface area contributed by atoms with Crippen LogP contribution < -0.4 is 15.9 Å². The maximum absolute atomic E-state index is 11.6. The number of benzene rings is 1.